The summed E-state index contributed by atoms with van der Waals surface area (Å²) in [5.74, 6) is -1.51. The maximum Gasteiger partial charge on any atom is 0.446 e. The summed E-state index contributed by atoms with van der Waals surface area (Å²) in [5, 5.41) is 20.9. The van der Waals surface area contributed by atoms with Crippen LogP contribution in [0.15, 0.2) is 47.4 Å². The third-order valence-corrected chi connectivity index (χ3v) is 5.15. The third-order valence-electron chi connectivity index (χ3n) is 4.41. The predicted molar refractivity (Wildman–Crippen MR) is 106 cm³/mol. The van der Waals surface area contributed by atoms with Crippen LogP contribution in [0.2, 0.25) is 0 Å². The maximum atomic E-state index is 13.3. The van der Waals surface area contributed by atoms with Gasteiger partial charge < -0.3 is 10.1 Å². The van der Waals surface area contributed by atoms with E-state index in [-0.39, 0.29) is 34.2 Å². The number of hydrogen-bond acceptors (Lipinski definition) is 5. The van der Waals surface area contributed by atoms with Gasteiger partial charge in [0, 0.05) is 10.5 Å². The Morgan fingerprint density at radius 1 is 1.06 bits per heavy atom. The summed E-state index contributed by atoms with van der Waals surface area (Å²) in [6.07, 6.45) is -4.85. The Kier molecular flexibility index (Phi) is 7.88. The minimum Gasteiger partial charge on any atom is -0.489 e. The van der Waals surface area contributed by atoms with Crippen molar-refractivity contribution in [1.29, 1.82) is 10.5 Å². The van der Waals surface area contributed by atoms with Crippen LogP contribution in [0.5, 0.6) is 5.75 Å². The van der Waals surface area contributed by atoms with Crippen molar-refractivity contribution in [2.75, 3.05) is 6.61 Å². The Morgan fingerprint density at radius 3 is 2.18 bits per heavy atom. The highest BCUT2D eigenvalue weighted by atomic mass is 32.2. The van der Waals surface area contributed by atoms with Crippen molar-refractivity contribution in [3.63, 3.8) is 0 Å². The van der Waals surface area contributed by atoms with Crippen molar-refractivity contribution in [2.24, 2.45) is 0 Å². The van der Waals surface area contributed by atoms with Crippen molar-refractivity contribution >= 4 is 17.7 Å². The molecule has 2 aromatic rings. The third kappa shape index (κ3) is 7.05. The molecule has 0 spiro atoms. The average Bonchev–Trinajstić information content (AvgIpc) is 2.75. The topological polar surface area (TPSA) is 85.9 Å². The molecule has 0 bridgehead atoms. The minimum atomic E-state index is -4.79. The van der Waals surface area contributed by atoms with Crippen LogP contribution in [0.4, 0.5) is 26.3 Å². The highest BCUT2D eigenvalue weighted by molar-refractivity contribution is 8.00. The van der Waals surface area contributed by atoms with E-state index in [0.29, 0.717) is 6.07 Å². The number of hydrogen-bond donors (Lipinski definition) is 1. The molecule has 0 aromatic heterocycles. The van der Waals surface area contributed by atoms with Gasteiger partial charge in [-0.3, -0.25) is 4.79 Å². The molecule has 0 saturated heterocycles. The first kappa shape index (κ1) is 25.9. The molecule has 0 unspecified atom stereocenters. The summed E-state index contributed by atoms with van der Waals surface area (Å²) in [4.78, 5) is 12.4. The molecule has 0 aliphatic rings. The SMILES string of the molecule is CC[C@](C#N)(COc1cc(C#N)ccc1C(F)(F)F)NC(=O)c1ccc(SC(F)(F)F)cc1. The van der Waals surface area contributed by atoms with E-state index in [1.807, 2.05) is 6.07 Å². The number of nitriles is 2. The monoisotopic (exact) mass is 487 g/mol. The first-order valence-corrected chi connectivity index (χ1v) is 9.98. The van der Waals surface area contributed by atoms with Crippen molar-refractivity contribution in [3.05, 3.63) is 59.2 Å². The molecule has 1 atom stereocenters. The summed E-state index contributed by atoms with van der Waals surface area (Å²) < 4.78 is 82.3. The van der Waals surface area contributed by atoms with E-state index in [9.17, 15) is 36.4 Å². The standard InChI is InChI=1S/C21H15F6N3O2S/c1-2-19(11-29,12-32-17-9-13(10-28)3-8-16(17)20(22,23)24)30-18(31)14-4-6-15(7-5-14)33-21(25,26)27/h3-9H,2,12H2,1H3,(H,30,31)/t19-/m0/s1. The van der Waals surface area contributed by atoms with Gasteiger partial charge in [0.05, 0.1) is 23.3 Å². The summed E-state index contributed by atoms with van der Waals surface area (Å²) in [6, 6.07) is 10.4. The predicted octanol–water partition coefficient (Wildman–Crippen LogP) is 5.67. The molecule has 5 nitrogen and oxygen atoms in total. The van der Waals surface area contributed by atoms with Gasteiger partial charge in [-0.25, -0.2) is 0 Å². The van der Waals surface area contributed by atoms with Gasteiger partial charge in [0.2, 0.25) is 0 Å². The number of carbonyl (C=O) groups excluding carboxylic acids is 1. The summed E-state index contributed by atoms with van der Waals surface area (Å²) in [7, 11) is 0. The van der Waals surface area contributed by atoms with Gasteiger partial charge in [-0.05, 0) is 60.6 Å². The molecule has 2 rings (SSSR count). The quantitative estimate of drug-likeness (QED) is 0.402. The second-order valence-electron chi connectivity index (χ2n) is 6.68. The van der Waals surface area contributed by atoms with E-state index >= 15 is 0 Å². The highest BCUT2D eigenvalue weighted by Crippen LogP contribution is 2.38. The van der Waals surface area contributed by atoms with E-state index in [4.69, 9.17) is 10.00 Å². The molecule has 2 aromatic carbocycles. The summed E-state index contributed by atoms with van der Waals surface area (Å²) in [6.45, 7) is 0.817. The van der Waals surface area contributed by atoms with Gasteiger partial charge in [0.1, 0.15) is 12.4 Å². The van der Waals surface area contributed by atoms with Crippen LogP contribution in [0, 0.1) is 22.7 Å². The zero-order valence-electron chi connectivity index (χ0n) is 16.8. The normalized spacial score (nSPS) is 13.4. The first-order chi connectivity index (χ1) is 15.3. The number of thioether (sulfide) groups is 1. The number of carbonyl (C=O) groups is 1. The number of rotatable bonds is 7. The highest BCUT2D eigenvalue weighted by Gasteiger charge is 2.37. The minimum absolute atomic E-state index is 0.0583. The molecule has 33 heavy (non-hydrogen) atoms. The van der Waals surface area contributed by atoms with Gasteiger partial charge in [0.15, 0.2) is 5.54 Å². The molecule has 12 heteroatoms. The Hall–Kier alpha value is -3.38. The smallest absolute Gasteiger partial charge is 0.446 e. The van der Waals surface area contributed by atoms with E-state index < -0.39 is 41.1 Å². The fourth-order valence-electron chi connectivity index (χ4n) is 2.61. The molecule has 0 aliphatic carbocycles. The molecular weight excluding hydrogens is 472 g/mol. The molecule has 174 valence electrons. The first-order valence-electron chi connectivity index (χ1n) is 9.16. The van der Waals surface area contributed by atoms with Gasteiger partial charge in [0.25, 0.3) is 5.91 Å². The lowest BCUT2D eigenvalue weighted by molar-refractivity contribution is -0.139. The van der Waals surface area contributed by atoms with Crippen molar-refractivity contribution in [1.82, 2.24) is 5.32 Å². The molecule has 0 aliphatic heterocycles. The fraction of sp³-hybridized carbons (Fsp3) is 0.286. The van der Waals surface area contributed by atoms with Crippen LogP contribution >= 0.6 is 11.8 Å². The molecule has 0 heterocycles. The number of alkyl halides is 6. The van der Waals surface area contributed by atoms with Crippen LogP contribution in [-0.4, -0.2) is 23.6 Å². The molecule has 1 N–H and O–H groups in total. The molecule has 0 radical (unpaired) electrons. The van der Waals surface area contributed by atoms with Gasteiger partial charge in [-0.2, -0.15) is 36.9 Å². The summed E-state index contributed by atoms with van der Waals surface area (Å²) >= 11 is -0.364. The number of halogens is 6. The van der Waals surface area contributed by atoms with Crippen molar-refractivity contribution in [2.45, 2.75) is 35.5 Å². The number of ether oxygens (including phenoxy) is 1. The van der Waals surface area contributed by atoms with E-state index in [2.05, 4.69) is 5.32 Å². The van der Waals surface area contributed by atoms with Gasteiger partial charge in [-0.15, -0.1) is 0 Å². The average molecular weight is 487 g/mol. The van der Waals surface area contributed by atoms with E-state index in [0.717, 1.165) is 36.4 Å². The number of nitrogens with one attached hydrogen (secondary N) is 1. The Labute approximate surface area is 188 Å². The zero-order valence-corrected chi connectivity index (χ0v) is 17.7. The Bertz CT molecular complexity index is 1090. The maximum absolute atomic E-state index is 13.3. The number of nitrogens with zero attached hydrogens (tertiary/aromatic N) is 2. The van der Waals surface area contributed by atoms with Crippen LogP contribution < -0.4 is 10.1 Å². The molecule has 1 amide bonds. The van der Waals surface area contributed by atoms with Crippen LogP contribution in [0.25, 0.3) is 0 Å². The lowest BCUT2D eigenvalue weighted by Crippen LogP contribution is -2.51. The van der Waals surface area contributed by atoms with Crippen molar-refractivity contribution < 1.29 is 35.9 Å². The molecule has 0 fully saturated rings. The fourth-order valence-corrected chi connectivity index (χ4v) is 3.15. The lowest BCUT2D eigenvalue weighted by Gasteiger charge is -2.27. The van der Waals surface area contributed by atoms with Gasteiger partial charge in [-0.1, -0.05) is 6.92 Å². The van der Waals surface area contributed by atoms with Crippen molar-refractivity contribution in [3.8, 4) is 17.9 Å². The Morgan fingerprint density at radius 2 is 1.70 bits per heavy atom. The number of amides is 1. The number of benzene rings is 2. The molecule has 0 saturated carbocycles. The van der Waals surface area contributed by atoms with Crippen LogP contribution in [-0.2, 0) is 6.18 Å². The lowest BCUT2D eigenvalue weighted by atomic mass is 9.98. The Balaban J connectivity index is 2.22. The second kappa shape index (κ2) is 10.0. The van der Waals surface area contributed by atoms with Gasteiger partial charge >= 0.3 is 11.7 Å². The van der Waals surface area contributed by atoms with Crippen LogP contribution in [0.3, 0.4) is 0 Å². The van der Waals surface area contributed by atoms with E-state index in [1.54, 1.807) is 6.07 Å². The zero-order chi connectivity index (χ0) is 24.9. The van der Waals surface area contributed by atoms with E-state index in [1.165, 1.54) is 6.92 Å². The summed E-state index contributed by atoms with van der Waals surface area (Å²) in [5.41, 5.74) is -7.57. The molecular formula is C21H15F6N3O2S. The largest absolute Gasteiger partial charge is 0.489 e. The van der Waals surface area contributed by atoms with Crippen LogP contribution in [0.1, 0.15) is 34.8 Å². The second-order valence-corrected chi connectivity index (χ2v) is 7.82.